The Hall–Kier alpha value is -2.54. The molecule has 0 fully saturated rings. The highest BCUT2D eigenvalue weighted by Crippen LogP contribution is 2.30. The van der Waals surface area contributed by atoms with E-state index >= 15 is 0 Å². The summed E-state index contributed by atoms with van der Waals surface area (Å²) in [6.45, 7) is 7.45. The van der Waals surface area contributed by atoms with Gasteiger partial charge < -0.3 is 23.7 Å². The van der Waals surface area contributed by atoms with Crippen LogP contribution < -0.4 is 20.4 Å². The molecule has 1 N–H and O–H groups in total. The average Bonchev–Trinajstić information content (AvgIpc) is 2.65. The van der Waals surface area contributed by atoms with Crippen molar-refractivity contribution in [2.24, 2.45) is 0 Å². The number of rotatable bonds is 8. The van der Waals surface area contributed by atoms with Crippen LogP contribution in [-0.2, 0) is 0 Å². The molecule has 2 rings (SSSR count). The average molecular weight is 363 g/mol. The summed E-state index contributed by atoms with van der Waals surface area (Å²) in [6.07, 6.45) is 0. The smallest absolute Gasteiger partial charge is 0.349 e. The second-order valence-corrected chi connectivity index (χ2v) is 6.42. The van der Waals surface area contributed by atoms with E-state index in [4.69, 9.17) is 13.9 Å². The van der Waals surface area contributed by atoms with Crippen molar-refractivity contribution in [2.75, 3.05) is 47.4 Å². The molecule has 7 nitrogen and oxygen atoms in total. The molecule has 0 atom stereocenters. The van der Waals surface area contributed by atoms with E-state index in [9.17, 15) is 9.59 Å². The van der Waals surface area contributed by atoms with Crippen LogP contribution in [-0.4, -0.2) is 57.8 Å². The molecule has 1 heterocycles. The number of ether oxygens (including phenoxy) is 2. The molecule has 0 saturated heterocycles. The summed E-state index contributed by atoms with van der Waals surface area (Å²) in [4.78, 5) is 24.7. The third-order valence-corrected chi connectivity index (χ3v) is 4.95. The van der Waals surface area contributed by atoms with Crippen LogP contribution >= 0.6 is 0 Å². The Morgan fingerprint density at radius 2 is 1.85 bits per heavy atom. The zero-order valence-corrected chi connectivity index (χ0v) is 16.0. The van der Waals surface area contributed by atoms with Crippen molar-refractivity contribution >= 4 is 16.9 Å². The molecule has 0 aliphatic carbocycles. The van der Waals surface area contributed by atoms with Gasteiger partial charge in [-0.1, -0.05) is 0 Å². The molecule has 0 aliphatic heterocycles. The van der Waals surface area contributed by atoms with Gasteiger partial charge in [0.15, 0.2) is 0 Å². The van der Waals surface area contributed by atoms with Crippen molar-refractivity contribution in [3.8, 4) is 11.5 Å². The van der Waals surface area contributed by atoms with Gasteiger partial charge in [-0.3, -0.25) is 4.79 Å². The van der Waals surface area contributed by atoms with Crippen molar-refractivity contribution in [1.29, 1.82) is 0 Å². The summed E-state index contributed by atoms with van der Waals surface area (Å²) in [5, 5.41) is 3.35. The van der Waals surface area contributed by atoms with Crippen LogP contribution in [0.15, 0.2) is 27.4 Å². The molecule has 26 heavy (non-hydrogen) atoms. The SMILES string of the molecule is CC[N+](C)(CC)CCNC(=O)c1cc2c(OC)cc(OC)cc2oc1=O. The van der Waals surface area contributed by atoms with Crippen LogP contribution in [0.25, 0.3) is 11.0 Å². The molecule has 2 aromatic rings. The number of benzene rings is 1. The normalized spacial score (nSPS) is 11.4. The van der Waals surface area contributed by atoms with Gasteiger partial charge in [0.05, 0.1) is 52.8 Å². The molecular weight excluding hydrogens is 336 g/mol. The summed E-state index contributed by atoms with van der Waals surface area (Å²) in [7, 11) is 5.15. The van der Waals surface area contributed by atoms with Gasteiger partial charge in [0.2, 0.25) is 0 Å². The quantitative estimate of drug-likeness (QED) is 0.574. The fourth-order valence-electron chi connectivity index (χ4n) is 2.68. The summed E-state index contributed by atoms with van der Waals surface area (Å²) < 4.78 is 16.6. The van der Waals surface area contributed by atoms with Gasteiger partial charge in [0, 0.05) is 12.1 Å². The van der Waals surface area contributed by atoms with Gasteiger partial charge in [-0.2, -0.15) is 0 Å². The van der Waals surface area contributed by atoms with E-state index in [1.165, 1.54) is 20.3 Å². The van der Waals surface area contributed by atoms with Gasteiger partial charge >= 0.3 is 5.63 Å². The molecule has 1 aromatic carbocycles. The molecular formula is C19H27N2O5+. The second kappa shape index (κ2) is 8.23. The molecule has 0 saturated carbocycles. The molecule has 1 amide bonds. The van der Waals surface area contributed by atoms with Crippen LogP contribution in [0.2, 0.25) is 0 Å². The largest absolute Gasteiger partial charge is 0.496 e. The Morgan fingerprint density at radius 3 is 2.42 bits per heavy atom. The molecule has 0 aliphatic rings. The fourth-order valence-corrected chi connectivity index (χ4v) is 2.68. The van der Waals surface area contributed by atoms with Gasteiger partial charge in [0.25, 0.3) is 5.91 Å². The van der Waals surface area contributed by atoms with E-state index in [0.717, 1.165) is 24.1 Å². The van der Waals surface area contributed by atoms with E-state index in [0.29, 0.717) is 29.0 Å². The van der Waals surface area contributed by atoms with E-state index in [-0.39, 0.29) is 5.56 Å². The van der Waals surface area contributed by atoms with E-state index < -0.39 is 11.5 Å². The Bertz CT molecular complexity index is 840. The van der Waals surface area contributed by atoms with E-state index in [1.54, 1.807) is 12.1 Å². The van der Waals surface area contributed by atoms with Crippen molar-refractivity contribution in [3.63, 3.8) is 0 Å². The molecule has 0 radical (unpaired) electrons. The first-order chi connectivity index (χ1) is 12.4. The number of nitrogens with one attached hydrogen (secondary N) is 1. The number of hydrogen-bond donors (Lipinski definition) is 1. The predicted molar refractivity (Wildman–Crippen MR) is 100 cm³/mol. The summed E-state index contributed by atoms with van der Waals surface area (Å²) in [5.41, 5.74) is -0.416. The van der Waals surface area contributed by atoms with Gasteiger partial charge in [-0.15, -0.1) is 0 Å². The van der Waals surface area contributed by atoms with Gasteiger partial charge in [-0.05, 0) is 19.9 Å². The third-order valence-electron chi connectivity index (χ3n) is 4.95. The molecule has 0 spiro atoms. The van der Waals surface area contributed by atoms with Crippen LogP contribution in [0, 0.1) is 0 Å². The Kier molecular flexibility index (Phi) is 6.26. The van der Waals surface area contributed by atoms with Crippen molar-refractivity contribution < 1.29 is 23.2 Å². The number of fused-ring (bicyclic) bond motifs is 1. The minimum atomic E-state index is -0.687. The molecule has 142 valence electrons. The number of nitrogens with zero attached hydrogens (tertiary/aromatic N) is 1. The Labute approximate surface area is 153 Å². The van der Waals surface area contributed by atoms with Crippen molar-refractivity contribution in [1.82, 2.24) is 5.32 Å². The number of carbonyl (C=O) groups is 1. The molecule has 7 heteroatoms. The lowest BCUT2D eigenvalue weighted by Crippen LogP contribution is -2.48. The zero-order valence-electron chi connectivity index (χ0n) is 16.0. The van der Waals surface area contributed by atoms with E-state index in [1.807, 2.05) is 0 Å². The molecule has 1 aromatic heterocycles. The highest BCUT2D eigenvalue weighted by molar-refractivity contribution is 5.98. The maximum Gasteiger partial charge on any atom is 0.349 e. The number of likely N-dealkylation sites (N-methyl/N-ethyl adjacent to an activating group) is 1. The lowest BCUT2D eigenvalue weighted by atomic mass is 10.1. The second-order valence-electron chi connectivity index (χ2n) is 6.42. The monoisotopic (exact) mass is 363 g/mol. The number of hydrogen-bond acceptors (Lipinski definition) is 5. The number of quaternary nitrogens is 1. The lowest BCUT2D eigenvalue weighted by Gasteiger charge is -2.32. The summed E-state index contributed by atoms with van der Waals surface area (Å²) in [6, 6.07) is 4.77. The third kappa shape index (κ3) is 4.16. The molecule has 0 bridgehead atoms. The Morgan fingerprint density at radius 1 is 1.15 bits per heavy atom. The first-order valence-electron chi connectivity index (χ1n) is 8.69. The van der Waals surface area contributed by atoms with Crippen molar-refractivity contribution in [3.05, 3.63) is 34.2 Å². The minimum absolute atomic E-state index is 0.0387. The van der Waals surface area contributed by atoms with Crippen molar-refractivity contribution in [2.45, 2.75) is 13.8 Å². The highest BCUT2D eigenvalue weighted by Gasteiger charge is 2.19. The summed E-state index contributed by atoms with van der Waals surface area (Å²) in [5.74, 6) is 0.529. The molecule has 0 unspecified atom stereocenters. The number of carbonyl (C=O) groups excluding carboxylic acids is 1. The standard InChI is InChI=1S/C19H26N2O5/c1-6-21(3,7-2)9-8-20-18(22)15-12-14-16(25-5)10-13(24-4)11-17(14)26-19(15)23/h10-12H,6-9H2,1-5H3/p+1. The fraction of sp³-hybridized carbons (Fsp3) is 0.474. The van der Waals surface area contributed by atoms with Crippen LogP contribution in [0.3, 0.4) is 0 Å². The minimum Gasteiger partial charge on any atom is -0.496 e. The number of methoxy groups -OCH3 is 2. The maximum atomic E-state index is 12.5. The number of amides is 1. The predicted octanol–water partition coefficient (Wildman–Crippen LogP) is 2.03. The Balaban J connectivity index is 2.27. The van der Waals surface area contributed by atoms with E-state index in [2.05, 4.69) is 26.2 Å². The van der Waals surface area contributed by atoms with Crippen LogP contribution in [0.1, 0.15) is 24.2 Å². The van der Waals surface area contributed by atoms with Gasteiger partial charge in [0.1, 0.15) is 22.6 Å². The first kappa shape index (κ1) is 19.8. The maximum absolute atomic E-state index is 12.5. The topological polar surface area (TPSA) is 77.8 Å². The van der Waals surface area contributed by atoms with Gasteiger partial charge in [-0.25, -0.2) is 4.79 Å². The first-order valence-corrected chi connectivity index (χ1v) is 8.69. The lowest BCUT2D eigenvalue weighted by molar-refractivity contribution is -0.904. The highest BCUT2D eigenvalue weighted by atomic mass is 16.5. The van der Waals surface area contributed by atoms with Crippen LogP contribution in [0.4, 0.5) is 0 Å². The zero-order chi connectivity index (χ0) is 19.3. The summed E-state index contributed by atoms with van der Waals surface area (Å²) >= 11 is 0. The van der Waals surface area contributed by atoms with Crippen LogP contribution in [0.5, 0.6) is 11.5 Å².